The number of hydrogen-bond donors (Lipinski definition) is 1. The van der Waals surface area contributed by atoms with Gasteiger partial charge in [-0.1, -0.05) is 18.2 Å². The summed E-state index contributed by atoms with van der Waals surface area (Å²) < 4.78 is 0. The Kier molecular flexibility index (Phi) is 4.09. The number of nitrogens with one attached hydrogen (secondary N) is 1. The highest BCUT2D eigenvalue weighted by atomic mass is 16.2. The van der Waals surface area contributed by atoms with Crippen LogP contribution in [0.3, 0.4) is 0 Å². The van der Waals surface area contributed by atoms with E-state index < -0.39 is 0 Å². The molecular weight excluding hydrogens is 372 g/mol. The Hall–Kier alpha value is -2.56. The average Bonchev–Trinajstić information content (AvgIpc) is 2.90. The molecule has 0 radical (unpaired) electrons. The summed E-state index contributed by atoms with van der Waals surface area (Å²) in [5.74, 6) is 1.43. The molecule has 0 spiro atoms. The highest BCUT2D eigenvalue weighted by molar-refractivity contribution is 5.84. The number of anilines is 3. The van der Waals surface area contributed by atoms with Crippen molar-refractivity contribution in [2.24, 2.45) is 10.8 Å². The van der Waals surface area contributed by atoms with Crippen LogP contribution in [0, 0.1) is 10.8 Å². The minimum Gasteiger partial charge on any atom is -0.365 e. The second-order valence-corrected chi connectivity index (χ2v) is 9.94. The van der Waals surface area contributed by atoms with Crippen LogP contribution in [-0.4, -0.2) is 35.4 Å². The number of rotatable bonds is 3. The molecule has 30 heavy (non-hydrogen) atoms. The first-order chi connectivity index (χ1) is 14.7. The van der Waals surface area contributed by atoms with Crippen LogP contribution in [0.1, 0.15) is 50.5 Å². The zero-order valence-electron chi connectivity index (χ0n) is 17.6. The summed E-state index contributed by atoms with van der Waals surface area (Å²) in [6.07, 6.45) is 9.82. The molecule has 1 amide bonds. The van der Waals surface area contributed by atoms with Crippen molar-refractivity contribution < 1.29 is 4.79 Å². The minimum atomic E-state index is -0.0447. The molecule has 2 aliphatic heterocycles. The lowest BCUT2D eigenvalue weighted by Gasteiger charge is -2.55. The van der Waals surface area contributed by atoms with Crippen LogP contribution in [0.2, 0.25) is 0 Å². The monoisotopic (exact) mass is 402 g/mol. The third kappa shape index (κ3) is 2.82. The molecule has 1 saturated heterocycles. The molecule has 1 aromatic heterocycles. The SMILES string of the molecule is O=C(N1CCC1)C12CCC(CN3Cc4cccnc4Nc4ccccc43)(CC1)CC2. The molecule has 156 valence electrons. The van der Waals surface area contributed by atoms with E-state index in [1.54, 1.807) is 0 Å². The van der Waals surface area contributed by atoms with E-state index in [1.165, 1.54) is 36.9 Å². The van der Waals surface area contributed by atoms with Crippen LogP contribution in [-0.2, 0) is 11.3 Å². The summed E-state index contributed by atoms with van der Waals surface area (Å²) in [6, 6.07) is 12.8. The fourth-order valence-corrected chi connectivity index (χ4v) is 6.17. The summed E-state index contributed by atoms with van der Waals surface area (Å²) in [4.78, 5) is 22.4. The van der Waals surface area contributed by atoms with Crippen LogP contribution >= 0.6 is 0 Å². The van der Waals surface area contributed by atoms with Crippen molar-refractivity contribution in [1.29, 1.82) is 0 Å². The van der Waals surface area contributed by atoms with Gasteiger partial charge < -0.3 is 15.1 Å². The fraction of sp³-hybridized carbons (Fsp3) is 0.520. The van der Waals surface area contributed by atoms with Gasteiger partial charge in [0.05, 0.1) is 11.4 Å². The number of aromatic nitrogens is 1. The van der Waals surface area contributed by atoms with Crippen LogP contribution in [0.5, 0.6) is 0 Å². The standard InChI is InChI=1S/C25H30N4O/c30-23(28-15-4-16-28)25-11-8-24(9-12-25,10-13-25)18-29-17-19-5-3-14-26-22(19)27-20-6-1-2-7-21(20)29/h1-3,5-7,14H,4,8-13,15-18H2,(H,26,27). The van der Waals surface area contributed by atoms with Gasteiger partial charge in [-0.2, -0.15) is 0 Å². The molecule has 4 fully saturated rings. The van der Waals surface area contributed by atoms with Gasteiger partial charge in [-0.15, -0.1) is 0 Å². The van der Waals surface area contributed by atoms with E-state index in [-0.39, 0.29) is 5.41 Å². The number of pyridine rings is 1. The Bertz CT molecular complexity index is 958. The number of fused-ring (bicyclic) bond motifs is 5. The molecule has 1 aromatic carbocycles. The average molecular weight is 403 g/mol. The molecule has 5 aliphatic rings. The van der Waals surface area contributed by atoms with E-state index in [1.807, 2.05) is 12.3 Å². The van der Waals surface area contributed by atoms with E-state index in [0.717, 1.165) is 56.9 Å². The van der Waals surface area contributed by atoms with Gasteiger partial charge in [-0.3, -0.25) is 4.79 Å². The van der Waals surface area contributed by atoms with Crippen LogP contribution in [0.4, 0.5) is 17.2 Å². The van der Waals surface area contributed by atoms with E-state index in [2.05, 4.69) is 50.4 Å². The number of carbonyl (C=O) groups is 1. The smallest absolute Gasteiger partial charge is 0.228 e. The topological polar surface area (TPSA) is 48.5 Å². The summed E-state index contributed by atoms with van der Waals surface area (Å²) in [5.41, 5.74) is 3.94. The van der Waals surface area contributed by atoms with Crippen molar-refractivity contribution in [3.63, 3.8) is 0 Å². The molecule has 3 saturated carbocycles. The predicted octanol–water partition coefficient (Wildman–Crippen LogP) is 4.72. The first-order valence-corrected chi connectivity index (χ1v) is 11.5. The van der Waals surface area contributed by atoms with Gasteiger partial charge in [0.2, 0.25) is 5.91 Å². The number of benzene rings is 1. The van der Waals surface area contributed by atoms with Gasteiger partial charge in [-0.25, -0.2) is 4.98 Å². The lowest BCUT2D eigenvalue weighted by molar-refractivity contribution is -0.155. The van der Waals surface area contributed by atoms with Crippen LogP contribution in [0.15, 0.2) is 42.6 Å². The molecule has 3 heterocycles. The third-order valence-corrected chi connectivity index (χ3v) is 8.28. The van der Waals surface area contributed by atoms with Crippen molar-refractivity contribution >= 4 is 23.1 Å². The zero-order valence-corrected chi connectivity index (χ0v) is 17.6. The molecule has 3 aliphatic carbocycles. The molecule has 5 nitrogen and oxygen atoms in total. The molecular formula is C25H30N4O. The number of hydrogen-bond acceptors (Lipinski definition) is 4. The molecule has 0 unspecified atom stereocenters. The van der Waals surface area contributed by atoms with Crippen LogP contribution < -0.4 is 10.2 Å². The number of para-hydroxylation sites is 2. The number of amides is 1. The van der Waals surface area contributed by atoms with E-state index >= 15 is 0 Å². The molecule has 7 rings (SSSR count). The second kappa shape index (κ2) is 6.73. The van der Waals surface area contributed by atoms with E-state index in [0.29, 0.717) is 11.3 Å². The van der Waals surface area contributed by atoms with Crippen molar-refractivity contribution in [2.75, 3.05) is 29.9 Å². The first kappa shape index (κ1) is 18.2. The molecule has 2 aromatic rings. The maximum Gasteiger partial charge on any atom is 0.228 e. The van der Waals surface area contributed by atoms with E-state index in [4.69, 9.17) is 0 Å². The Balaban J connectivity index is 1.26. The highest BCUT2D eigenvalue weighted by Gasteiger charge is 2.54. The largest absolute Gasteiger partial charge is 0.365 e. The van der Waals surface area contributed by atoms with Gasteiger partial charge in [0.15, 0.2) is 0 Å². The minimum absolute atomic E-state index is 0.0447. The molecule has 2 bridgehead atoms. The second-order valence-electron chi connectivity index (χ2n) is 9.94. The summed E-state index contributed by atoms with van der Waals surface area (Å²) >= 11 is 0. The molecule has 0 atom stereocenters. The maximum atomic E-state index is 13.1. The van der Waals surface area contributed by atoms with Crippen LogP contribution in [0.25, 0.3) is 0 Å². The zero-order chi connectivity index (χ0) is 20.2. The predicted molar refractivity (Wildman–Crippen MR) is 119 cm³/mol. The van der Waals surface area contributed by atoms with Gasteiger partial charge >= 0.3 is 0 Å². The first-order valence-electron chi connectivity index (χ1n) is 11.5. The number of nitrogens with zero attached hydrogens (tertiary/aromatic N) is 3. The Morgan fingerprint density at radius 1 is 1.00 bits per heavy atom. The number of carbonyl (C=O) groups excluding carboxylic acids is 1. The Morgan fingerprint density at radius 3 is 2.50 bits per heavy atom. The van der Waals surface area contributed by atoms with Gasteiger partial charge in [0.25, 0.3) is 0 Å². The highest BCUT2D eigenvalue weighted by Crippen LogP contribution is 2.58. The molecule has 5 heteroatoms. The lowest BCUT2D eigenvalue weighted by Crippen LogP contribution is -2.56. The maximum absolute atomic E-state index is 13.1. The fourth-order valence-electron chi connectivity index (χ4n) is 6.17. The Morgan fingerprint density at radius 2 is 1.77 bits per heavy atom. The quantitative estimate of drug-likeness (QED) is 0.807. The summed E-state index contributed by atoms with van der Waals surface area (Å²) in [5, 5.41) is 3.55. The normalized spacial score (nSPS) is 29.3. The third-order valence-electron chi connectivity index (χ3n) is 8.28. The van der Waals surface area contributed by atoms with Gasteiger partial charge in [-0.05, 0) is 68.6 Å². The summed E-state index contributed by atoms with van der Waals surface area (Å²) in [7, 11) is 0. The van der Waals surface area contributed by atoms with Crippen molar-refractivity contribution in [3.8, 4) is 0 Å². The Labute approximate surface area is 178 Å². The van der Waals surface area contributed by atoms with Gasteiger partial charge in [0.1, 0.15) is 5.82 Å². The van der Waals surface area contributed by atoms with Crippen molar-refractivity contribution in [3.05, 3.63) is 48.2 Å². The molecule has 1 N–H and O–H groups in total. The van der Waals surface area contributed by atoms with E-state index in [9.17, 15) is 4.79 Å². The lowest BCUT2D eigenvalue weighted by atomic mass is 9.53. The summed E-state index contributed by atoms with van der Waals surface area (Å²) in [6.45, 7) is 3.91. The number of likely N-dealkylation sites (tertiary alicyclic amines) is 1. The van der Waals surface area contributed by atoms with Crippen molar-refractivity contribution in [1.82, 2.24) is 9.88 Å². The van der Waals surface area contributed by atoms with Gasteiger partial charge in [0, 0.05) is 43.4 Å². The van der Waals surface area contributed by atoms with Crippen molar-refractivity contribution in [2.45, 2.75) is 51.5 Å².